The quantitative estimate of drug-likeness (QED) is 0.0806. The fourth-order valence-corrected chi connectivity index (χ4v) is 4.01. The Labute approximate surface area is 233 Å². The summed E-state index contributed by atoms with van der Waals surface area (Å²) in [6.45, 7) is 8.73. The number of hydrogen-bond donors (Lipinski definition) is 4. The van der Waals surface area contributed by atoms with Crippen molar-refractivity contribution >= 4 is 29.3 Å². The topological polar surface area (TPSA) is 177 Å². The molecule has 0 saturated carbocycles. The van der Waals surface area contributed by atoms with Crippen molar-refractivity contribution in [1.82, 2.24) is 14.9 Å². The lowest BCUT2D eigenvalue weighted by Gasteiger charge is -2.21. The van der Waals surface area contributed by atoms with Gasteiger partial charge in [-0.15, -0.1) is 14.6 Å². The van der Waals surface area contributed by atoms with Crippen molar-refractivity contribution in [3.63, 3.8) is 0 Å². The Kier molecular flexibility index (Phi) is 10.6. The molecule has 0 atom stereocenters. The zero-order chi connectivity index (χ0) is 29.3. The van der Waals surface area contributed by atoms with Crippen LogP contribution in [0.2, 0.25) is 0 Å². The number of amides is 1. The molecule has 0 aliphatic carbocycles. The second-order valence-electron chi connectivity index (χ2n) is 9.45. The van der Waals surface area contributed by atoms with Crippen LogP contribution in [0.25, 0.3) is 0 Å². The zero-order valence-corrected chi connectivity index (χ0v) is 23.3. The number of aromatic hydroxyl groups is 1. The van der Waals surface area contributed by atoms with Gasteiger partial charge in [0.1, 0.15) is 5.75 Å². The molecule has 0 bridgehead atoms. The predicted molar refractivity (Wildman–Crippen MR) is 148 cm³/mol. The van der Waals surface area contributed by atoms with Gasteiger partial charge in [0.05, 0.1) is 17.9 Å². The van der Waals surface area contributed by atoms with Crippen molar-refractivity contribution in [3.8, 4) is 11.6 Å². The van der Waals surface area contributed by atoms with Gasteiger partial charge in [0.15, 0.2) is 0 Å². The molecule has 40 heavy (non-hydrogen) atoms. The van der Waals surface area contributed by atoms with Gasteiger partial charge in [-0.3, -0.25) is 19.1 Å². The van der Waals surface area contributed by atoms with Gasteiger partial charge in [0.2, 0.25) is 11.6 Å². The fraction of sp³-hybridized carbons (Fsp3) is 0.346. The molecule has 0 aliphatic rings. The van der Waals surface area contributed by atoms with E-state index < -0.39 is 28.7 Å². The monoisotopic (exact) mass is 573 g/mol. The van der Waals surface area contributed by atoms with Crippen LogP contribution in [0.4, 0.5) is 11.4 Å². The van der Waals surface area contributed by atoms with E-state index in [1.807, 2.05) is 30.1 Å². The van der Waals surface area contributed by atoms with E-state index in [9.17, 15) is 19.5 Å². The number of nitrogens with one attached hydrogen (secondary N) is 2. The SMILES string of the molecule is CCOc1ccc(C(C)(C)C)cc1CNC(=O)c1ccccc1N=Nc1c(O)n(CCSOOO)c(=O)[nH]c1=O. The molecule has 214 valence electrons. The summed E-state index contributed by atoms with van der Waals surface area (Å²) in [5, 5.41) is 32.9. The van der Waals surface area contributed by atoms with E-state index >= 15 is 0 Å². The number of aromatic amines is 1. The van der Waals surface area contributed by atoms with E-state index in [0.717, 1.165) is 15.7 Å². The average molecular weight is 574 g/mol. The first-order chi connectivity index (χ1) is 19.1. The van der Waals surface area contributed by atoms with E-state index in [2.05, 4.69) is 45.7 Å². The van der Waals surface area contributed by atoms with Crippen molar-refractivity contribution in [1.29, 1.82) is 0 Å². The van der Waals surface area contributed by atoms with E-state index in [4.69, 9.17) is 9.99 Å². The molecule has 0 spiro atoms. The highest BCUT2D eigenvalue weighted by molar-refractivity contribution is 7.94. The molecule has 0 saturated heterocycles. The van der Waals surface area contributed by atoms with Crippen molar-refractivity contribution in [2.24, 2.45) is 10.2 Å². The number of carbonyl (C=O) groups is 1. The van der Waals surface area contributed by atoms with Gasteiger partial charge >= 0.3 is 5.69 Å². The first-order valence-corrected chi connectivity index (χ1v) is 13.2. The highest BCUT2D eigenvalue weighted by Crippen LogP contribution is 2.29. The maximum Gasteiger partial charge on any atom is 0.331 e. The Hall–Kier alpha value is -3.98. The fourth-order valence-electron chi connectivity index (χ4n) is 3.64. The minimum atomic E-state index is -0.964. The van der Waals surface area contributed by atoms with E-state index in [1.165, 1.54) is 6.07 Å². The number of ether oxygens (including phenoxy) is 1. The van der Waals surface area contributed by atoms with E-state index in [1.54, 1.807) is 18.2 Å². The average Bonchev–Trinajstić information content (AvgIpc) is 2.91. The standard InChI is InChI=1S/C26H31N5O8S/c1-5-37-20-11-10-17(26(2,3)4)14-16(20)15-27-22(32)18-8-6-7-9-19(18)29-30-21-23(33)28-25(35)31(24(21)34)12-13-40-39-38-36/h6-11,14,34,36H,5,12-13,15H2,1-4H3,(H,27,32)(H,28,33,35). The van der Waals surface area contributed by atoms with Crippen LogP contribution in [0, 0.1) is 0 Å². The largest absolute Gasteiger partial charge is 0.494 e. The molecule has 1 amide bonds. The molecule has 4 N–H and O–H groups in total. The van der Waals surface area contributed by atoms with Gasteiger partial charge in [-0.05, 0) is 42.2 Å². The number of aromatic nitrogens is 2. The van der Waals surface area contributed by atoms with Crippen LogP contribution in [0.1, 0.15) is 49.2 Å². The van der Waals surface area contributed by atoms with Crippen LogP contribution in [-0.2, 0) is 27.9 Å². The predicted octanol–water partition coefficient (Wildman–Crippen LogP) is 4.35. The van der Waals surface area contributed by atoms with E-state index in [-0.39, 0.29) is 35.5 Å². The molecular formula is C26H31N5O8S. The van der Waals surface area contributed by atoms with Crippen molar-refractivity contribution in [2.75, 3.05) is 12.4 Å². The van der Waals surface area contributed by atoms with Gasteiger partial charge in [0.25, 0.3) is 11.5 Å². The molecule has 1 aromatic heterocycles. The van der Waals surface area contributed by atoms with Gasteiger partial charge in [0, 0.05) is 36.4 Å². The van der Waals surface area contributed by atoms with Crippen LogP contribution in [0.15, 0.2) is 62.3 Å². The number of nitrogens with zero attached hydrogens (tertiary/aromatic N) is 3. The second-order valence-corrected chi connectivity index (χ2v) is 10.2. The number of carbonyl (C=O) groups excluding carboxylic acids is 1. The summed E-state index contributed by atoms with van der Waals surface area (Å²) in [4.78, 5) is 39.6. The zero-order valence-electron chi connectivity index (χ0n) is 22.5. The van der Waals surface area contributed by atoms with Crippen LogP contribution in [0.5, 0.6) is 11.6 Å². The first-order valence-electron chi connectivity index (χ1n) is 12.3. The van der Waals surface area contributed by atoms with Crippen LogP contribution >= 0.6 is 12.0 Å². The number of benzene rings is 2. The molecule has 3 aromatic rings. The molecule has 13 nitrogen and oxygen atoms in total. The Balaban J connectivity index is 1.84. The molecule has 3 rings (SSSR count). The van der Waals surface area contributed by atoms with Gasteiger partial charge < -0.3 is 15.2 Å². The third-order valence-corrected chi connectivity index (χ3v) is 6.20. The van der Waals surface area contributed by atoms with Crippen LogP contribution in [0.3, 0.4) is 0 Å². The highest BCUT2D eigenvalue weighted by atomic mass is 32.2. The molecular weight excluding hydrogens is 542 g/mol. The van der Waals surface area contributed by atoms with Crippen molar-refractivity contribution < 1.29 is 29.3 Å². The van der Waals surface area contributed by atoms with Crippen molar-refractivity contribution in [2.45, 2.75) is 46.2 Å². The van der Waals surface area contributed by atoms with Gasteiger partial charge in [-0.1, -0.05) is 44.0 Å². The van der Waals surface area contributed by atoms with E-state index in [0.29, 0.717) is 24.4 Å². The van der Waals surface area contributed by atoms with Crippen LogP contribution < -0.4 is 21.3 Å². The number of azo groups is 1. The maximum atomic E-state index is 13.1. The summed E-state index contributed by atoms with van der Waals surface area (Å²) in [6.07, 6.45) is 0. The summed E-state index contributed by atoms with van der Waals surface area (Å²) in [5.74, 6) is -0.428. The maximum absolute atomic E-state index is 13.1. The lowest BCUT2D eigenvalue weighted by Crippen LogP contribution is -2.30. The van der Waals surface area contributed by atoms with Gasteiger partial charge in [-0.2, -0.15) is 0 Å². The number of H-pyrrole nitrogens is 1. The minimum Gasteiger partial charge on any atom is -0.494 e. The first kappa shape index (κ1) is 30.6. The molecule has 0 radical (unpaired) electrons. The number of rotatable bonds is 12. The van der Waals surface area contributed by atoms with Crippen molar-refractivity contribution in [3.05, 3.63) is 80.0 Å². The summed E-state index contributed by atoms with van der Waals surface area (Å²) >= 11 is 0.658. The third-order valence-electron chi connectivity index (χ3n) is 5.70. The molecule has 2 aromatic carbocycles. The smallest absolute Gasteiger partial charge is 0.331 e. The lowest BCUT2D eigenvalue weighted by molar-refractivity contribution is -0.432. The minimum absolute atomic E-state index is 0.0727. The lowest BCUT2D eigenvalue weighted by atomic mass is 9.86. The second kappa shape index (κ2) is 13.9. The highest BCUT2D eigenvalue weighted by Gasteiger charge is 2.18. The number of hydrogen-bond acceptors (Lipinski definition) is 11. The molecule has 14 heteroatoms. The Morgan fingerprint density at radius 2 is 1.90 bits per heavy atom. The third kappa shape index (κ3) is 7.79. The summed E-state index contributed by atoms with van der Waals surface area (Å²) in [7, 11) is 0. The molecule has 0 aliphatic heterocycles. The Bertz CT molecular complexity index is 1480. The normalized spacial score (nSPS) is 11.6. The van der Waals surface area contributed by atoms with Crippen LogP contribution in [-0.4, -0.2) is 38.2 Å². The summed E-state index contributed by atoms with van der Waals surface area (Å²) < 4.78 is 10.8. The molecule has 0 unspecified atom stereocenters. The van der Waals surface area contributed by atoms with Gasteiger partial charge in [-0.25, -0.2) is 10.1 Å². The molecule has 0 fully saturated rings. The summed E-state index contributed by atoms with van der Waals surface area (Å²) in [6, 6.07) is 12.3. The molecule has 1 heterocycles. The Morgan fingerprint density at radius 3 is 2.60 bits per heavy atom. The Morgan fingerprint density at radius 1 is 1.15 bits per heavy atom. The summed E-state index contributed by atoms with van der Waals surface area (Å²) in [5.41, 5.74) is -0.249.